The molecule has 1 aliphatic rings. The second kappa shape index (κ2) is 5.19. The molecule has 1 saturated heterocycles. The predicted molar refractivity (Wildman–Crippen MR) is 75.3 cm³/mol. The lowest BCUT2D eigenvalue weighted by molar-refractivity contribution is -0.150. The Kier molecular flexibility index (Phi) is 3.78. The summed E-state index contributed by atoms with van der Waals surface area (Å²) in [6.45, 7) is 7.40. The van der Waals surface area contributed by atoms with Crippen LogP contribution in [-0.4, -0.2) is 29.1 Å². The van der Waals surface area contributed by atoms with Gasteiger partial charge in [-0.05, 0) is 51.2 Å². The summed E-state index contributed by atoms with van der Waals surface area (Å²) in [5, 5.41) is 9.35. The van der Waals surface area contributed by atoms with E-state index >= 15 is 0 Å². The number of nitrogens with zero attached hydrogens (tertiary/aromatic N) is 2. The number of carbonyl (C=O) groups is 1. The van der Waals surface area contributed by atoms with Crippen molar-refractivity contribution in [2.24, 2.45) is 11.3 Å². The number of hydrogen-bond acceptors (Lipinski definition) is 3. The third-order valence-corrected chi connectivity index (χ3v) is 4.21. The van der Waals surface area contributed by atoms with E-state index < -0.39 is 11.4 Å². The maximum atomic E-state index is 11.4. The summed E-state index contributed by atoms with van der Waals surface area (Å²) in [6.07, 6.45) is 3.86. The van der Waals surface area contributed by atoms with Crippen LogP contribution < -0.4 is 4.90 Å². The highest BCUT2D eigenvalue weighted by molar-refractivity contribution is 5.74. The largest absolute Gasteiger partial charge is 0.481 e. The molecule has 2 heterocycles. The minimum absolute atomic E-state index is 0.168. The third kappa shape index (κ3) is 2.88. The Bertz CT molecular complexity index is 454. The number of carboxylic acid groups (broad SMARTS) is 1. The van der Waals surface area contributed by atoms with Gasteiger partial charge < -0.3 is 10.0 Å². The fourth-order valence-corrected chi connectivity index (χ4v) is 2.60. The summed E-state index contributed by atoms with van der Waals surface area (Å²) in [5.41, 5.74) is 0.465. The molecule has 0 bridgehead atoms. The highest BCUT2D eigenvalue weighted by atomic mass is 16.4. The van der Waals surface area contributed by atoms with Gasteiger partial charge in [-0.25, -0.2) is 4.98 Å². The van der Waals surface area contributed by atoms with E-state index in [1.165, 1.54) is 0 Å². The molecule has 4 heteroatoms. The van der Waals surface area contributed by atoms with Crippen molar-refractivity contribution in [3.8, 4) is 0 Å². The molecule has 1 unspecified atom stereocenters. The monoisotopic (exact) mass is 262 g/mol. The smallest absolute Gasteiger partial charge is 0.309 e. The molecular formula is C15H22N2O2. The van der Waals surface area contributed by atoms with E-state index in [2.05, 4.69) is 9.88 Å². The van der Waals surface area contributed by atoms with Crippen LogP contribution >= 0.6 is 0 Å². The van der Waals surface area contributed by atoms with Gasteiger partial charge in [0.25, 0.3) is 0 Å². The molecule has 1 atom stereocenters. The van der Waals surface area contributed by atoms with E-state index in [0.29, 0.717) is 0 Å². The van der Waals surface area contributed by atoms with Gasteiger partial charge in [0.05, 0.1) is 5.41 Å². The first-order valence-corrected chi connectivity index (χ1v) is 6.82. The van der Waals surface area contributed by atoms with E-state index in [4.69, 9.17) is 0 Å². The van der Waals surface area contributed by atoms with Crippen LogP contribution in [0.5, 0.6) is 0 Å². The van der Waals surface area contributed by atoms with Crippen molar-refractivity contribution in [3.05, 3.63) is 23.9 Å². The zero-order chi connectivity index (χ0) is 14.0. The van der Waals surface area contributed by atoms with Crippen LogP contribution in [0.25, 0.3) is 0 Å². The van der Waals surface area contributed by atoms with Crippen LogP contribution in [0.1, 0.15) is 32.3 Å². The number of anilines is 1. The Morgan fingerprint density at radius 3 is 2.79 bits per heavy atom. The van der Waals surface area contributed by atoms with Gasteiger partial charge in [0, 0.05) is 19.3 Å². The quantitative estimate of drug-likeness (QED) is 0.910. The van der Waals surface area contributed by atoms with Crippen LogP contribution in [-0.2, 0) is 4.79 Å². The third-order valence-electron chi connectivity index (χ3n) is 4.21. The molecule has 0 amide bonds. The molecule has 19 heavy (non-hydrogen) atoms. The Balaban J connectivity index is 2.13. The molecule has 1 aromatic heterocycles. The van der Waals surface area contributed by atoms with Crippen LogP contribution in [0.15, 0.2) is 18.3 Å². The first-order valence-electron chi connectivity index (χ1n) is 6.82. The lowest BCUT2D eigenvalue weighted by Crippen LogP contribution is -2.45. The number of piperidine rings is 1. The minimum atomic E-state index is -0.712. The van der Waals surface area contributed by atoms with E-state index in [1.807, 2.05) is 39.1 Å². The lowest BCUT2D eigenvalue weighted by atomic mass is 9.74. The maximum absolute atomic E-state index is 11.4. The number of aromatic nitrogens is 1. The summed E-state index contributed by atoms with van der Waals surface area (Å²) in [5.74, 6) is 0.412. The topological polar surface area (TPSA) is 53.4 Å². The molecule has 0 saturated carbocycles. The van der Waals surface area contributed by atoms with E-state index in [9.17, 15) is 9.90 Å². The van der Waals surface area contributed by atoms with Gasteiger partial charge >= 0.3 is 5.97 Å². The van der Waals surface area contributed by atoms with E-state index in [-0.39, 0.29) is 5.92 Å². The molecule has 0 radical (unpaired) electrons. The Hall–Kier alpha value is -1.58. The minimum Gasteiger partial charge on any atom is -0.481 e. The van der Waals surface area contributed by atoms with Gasteiger partial charge in [0.15, 0.2) is 0 Å². The summed E-state index contributed by atoms with van der Waals surface area (Å²) in [6, 6.07) is 4.07. The molecule has 1 aromatic rings. The number of aryl methyl sites for hydroxylation is 1. The molecule has 4 nitrogen and oxygen atoms in total. The number of pyridine rings is 1. The molecule has 0 aliphatic carbocycles. The van der Waals surface area contributed by atoms with Gasteiger partial charge in [-0.3, -0.25) is 4.79 Å². The second-order valence-corrected chi connectivity index (χ2v) is 6.01. The molecule has 1 fully saturated rings. The Morgan fingerprint density at radius 1 is 1.47 bits per heavy atom. The average molecular weight is 262 g/mol. The van der Waals surface area contributed by atoms with Gasteiger partial charge in [0.1, 0.15) is 5.82 Å². The van der Waals surface area contributed by atoms with Crippen molar-refractivity contribution in [1.82, 2.24) is 4.98 Å². The predicted octanol–water partition coefficient (Wildman–Crippen LogP) is 2.72. The molecular weight excluding hydrogens is 240 g/mol. The normalized spacial score (nSPS) is 20.4. The number of carboxylic acids is 1. The highest BCUT2D eigenvalue weighted by Crippen LogP contribution is 2.35. The SMILES string of the molecule is Cc1ccc(N2CCCC(C(C)(C)C(=O)O)C2)nc1. The van der Waals surface area contributed by atoms with Crippen molar-refractivity contribution in [2.75, 3.05) is 18.0 Å². The van der Waals surface area contributed by atoms with Crippen LogP contribution in [0.2, 0.25) is 0 Å². The lowest BCUT2D eigenvalue weighted by Gasteiger charge is -2.39. The first kappa shape index (κ1) is 13.8. The Morgan fingerprint density at radius 2 is 2.21 bits per heavy atom. The first-order chi connectivity index (χ1) is 8.91. The zero-order valence-electron chi connectivity index (χ0n) is 11.9. The second-order valence-electron chi connectivity index (χ2n) is 6.01. The molecule has 104 valence electrons. The maximum Gasteiger partial charge on any atom is 0.309 e. The average Bonchev–Trinajstić information content (AvgIpc) is 2.39. The summed E-state index contributed by atoms with van der Waals surface area (Å²) < 4.78 is 0. The van der Waals surface area contributed by atoms with Crippen molar-refractivity contribution in [3.63, 3.8) is 0 Å². The van der Waals surface area contributed by atoms with Gasteiger partial charge in [-0.15, -0.1) is 0 Å². The van der Waals surface area contributed by atoms with Gasteiger partial charge in [-0.2, -0.15) is 0 Å². The van der Waals surface area contributed by atoms with Gasteiger partial charge in [0.2, 0.25) is 0 Å². The Labute approximate surface area is 114 Å². The zero-order valence-corrected chi connectivity index (χ0v) is 11.9. The van der Waals surface area contributed by atoms with Crippen LogP contribution in [0.3, 0.4) is 0 Å². The fraction of sp³-hybridized carbons (Fsp3) is 0.600. The highest BCUT2D eigenvalue weighted by Gasteiger charge is 2.39. The van der Waals surface area contributed by atoms with E-state index in [0.717, 1.165) is 37.3 Å². The van der Waals surface area contributed by atoms with Crippen LogP contribution in [0.4, 0.5) is 5.82 Å². The molecule has 2 rings (SSSR count). The fourth-order valence-electron chi connectivity index (χ4n) is 2.60. The summed E-state index contributed by atoms with van der Waals surface area (Å²) in [4.78, 5) is 18.0. The number of hydrogen-bond donors (Lipinski definition) is 1. The number of rotatable bonds is 3. The molecule has 1 N–H and O–H groups in total. The molecule has 1 aliphatic heterocycles. The standard InChI is InChI=1S/C15H22N2O2/c1-11-6-7-13(16-9-11)17-8-4-5-12(10-17)15(2,3)14(18)19/h6-7,9,12H,4-5,8,10H2,1-3H3,(H,18,19). The molecule has 0 aromatic carbocycles. The van der Waals surface area contributed by atoms with Crippen LogP contribution in [0, 0.1) is 18.3 Å². The van der Waals surface area contributed by atoms with Crippen molar-refractivity contribution in [2.45, 2.75) is 33.6 Å². The van der Waals surface area contributed by atoms with Crippen molar-refractivity contribution < 1.29 is 9.90 Å². The van der Waals surface area contributed by atoms with Crippen molar-refractivity contribution in [1.29, 1.82) is 0 Å². The number of aliphatic carboxylic acids is 1. The molecule has 0 spiro atoms. The summed E-state index contributed by atoms with van der Waals surface area (Å²) >= 11 is 0. The van der Waals surface area contributed by atoms with Crippen molar-refractivity contribution >= 4 is 11.8 Å². The van der Waals surface area contributed by atoms with Gasteiger partial charge in [-0.1, -0.05) is 6.07 Å². The van der Waals surface area contributed by atoms with E-state index in [1.54, 1.807) is 0 Å². The summed E-state index contributed by atoms with van der Waals surface area (Å²) in [7, 11) is 0.